The average Bonchev–Trinajstić information content (AvgIpc) is 3.17. The lowest BCUT2D eigenvalue weighted by Gasteiger charge is -2.26. The fourth-order valence-corrected chi connectivity index (χ4v) is 4.35. The fraction of sp³-hybridized carbons (Fsp3) is 0.467. The highest BCUT2D eigenvalue weighted by molar-refractivity contribution is 7.99. The van der Waals surface area contributed by atoms with Crippen molar-refractivity contribution < 1.29 is 4.79 Å². The van der Waals surface area contributed by atoms with Gasteiger partial charge in [-0.3, -0.25) is 4.79 Å². The molecule has 1 saturated heterocycles. The maximum Gasteiger partial charge on any atom is 0.265 e. The molecule has 2 aromatic rings. The van der Waals surface area contributed by atoms with E-state index in [-0.39, 0.29) is 5.91 Å². The number of aryl methyl sites for hydroxylation is 1. The molecule has 0 radical (unpaired) electrons. The first-order valence-electron chi connectivity index (χ1n) is 7.29. The van der Waals surface area contributed by atoms with E-state index in [1.54, 1.807) is 0 Å². The van der Waals surface area contributed by atoms with Gasteiger partial charge in [0.05, 0.1) is 5.69 Å². The number of thioether (sulfide) groups is 1. The maximum atomic E-state index is 12.8. The zero-order valence-corrected chi connectivity index (χ0v) is 13.8. The Labute approximate surface area is 133 Å². The van der Waals surface area contributed by atoms with Crippen LogP contribution in [0.1, 0.15) is 28.7 Å². The van der Waals surface area contributed by atoms with Gasteiger partial charge in [0.1, 0.15) is 4.88 Å². The van der Waals surface area contributed by atoms with Crippen molar-refractivity contribution in [3.8, 4) is 5.13 Å². The van der Waals surface area contributed by atoms with Gasteiger partial charge in [0, 0.05) is 37.0 Å². The van der Waals surface area contributed by atoms with Crippen LogP contribution in [0.2, 0.25) is 0 Å². The molecular formula is C15H19N3OS2. The number of carbonyl (C=O) groups excluding carboxylic acids is 1. The van der Waals surface area contributed by atoms with E-state index in [1.807, 2.05) is 45.8 Å². The monoisotopic (exact) mass is 321 g/mol. The minimum absolute atomic E-state index is 0.162. The third-order valence-electron chi connectivity index (χ3n) is 3.49. The van der Waals surface area contributed by atoms with Crippen LogP contribution in [-0.2, 0) is 6.42 Å². The normalized spacial score (nSPS) is 15.4. The van der Waals surface area contributed by atoms with Crippen molar-refractivity contribution in [2.75, 3.05) is 24.6 Å². The highest BCUT2D eigenvalue weighted by Gasteiger charge is 2.24. The number of hydrogen-bond donors (Lipinski definition) is 0. The molecule has 0 atom stereocenters. The Morgan fingerprint density at radius 2 is 2.00 bits per heavy atom. The molecule has 1 aliphatic heterocycles. The molecule has 0 aromatic carbocycles. The van der Waals surface area contributed by atoms with Gasteiger partial charge >= 0.3 is 0 Å². The van der Waals surface area contributed by atoms with E-state index < -0.39 is 0 Å². The third-order valence-corrected chi connectivity index (χ3v) is 5.53. The predicted molar refractivity (Wildman–Crippen MR) is 88.7 cm³/mol. The van der Waals surface area contributed by atoms with Crippen LogP contribution in [-0.4, -0.2) is 45.0 Å². The number of rotatable bonds is 4. The van der Waals surface area contributed by atoms with Crippen LogP contribution in [0, 0.1) is 0 Å². The molecule has 21 heavy (non-hydrogen) atoms. The van der Waals surface area contributed by atoms with E-state index in [2.05, 4.69) is 11.9 Å². The molecule has 6 heteroatoms. The zero-order valence-electron chi connectivity index (χ0n) is 12.1. The first kappa shape index (κ1) is 14.7. The summed E-state index contributed by atoms with van der Waals surface area (Å²) in [5, 5.41) is 0.887. The Morgan fingerprint density at radius 1 is 1.29 bits per heavy atom. The van der Waals surface area contributed by atoms with Gasteiger partial charge in [0.15, 0.2) is 5.13 Å². The lowest BCUT2D eigenvalue weighted by molar-refractivity contribution is 0.0776. The van der Waals surface area contributed by atoms with Gasteiger partial charge in [-0.1, -0.05) is 24.7 Å². The molecule has 0 bridgehead atoms. The summed E-state index contributed by atoms with van der Waals surface area (Å²) in [5.41, 5.74) is 0.953. The quantitative estimate of drug-likeness (QED) is 0.868. The first-order chi connectivity index (χ1) is 10.3. The summed E-state index contributed by atoms with van der Waals surface area (Å²) >= 11 is 3.43. The Kier molecular flexibility index (Phi) is 4.65. The standard InChI is InChI=1S/C15H19N3OS2/c1-2-5-12-13(14(19)17-8-10-20-11-9-17)21-15(16-12)18-6-3-4-7-18/h3-4,6-7H,2,5,8-11H2,1H3. The second-order valence-corrected chi connectivity index (χ2v) is 7.22. The molecule has 1 aliphatic rings. The molecular weight excluding hydrogens is 302 g/mol. The Hall–Kier alpha value is -1.27. The van der Waals surface area contributed by atoms with Crippen molar-refractivity contribution in [3.63, 3.8) is 0 Å². The third kappa shape index (κ3) is 3.16. The molecule has 3 heterocycles. The molecule has 4 nitrogen and oxygen atoms in total. The average molecular weight is 321 g/mol. The molecule has 1 fully saturated rings. The van der Waals surface area contributed by atoms with Gasteiger partial charge in [0.25, 0.3) is 5.91 Å². The number of hydrogen-bond acceptors (Lipinski definition) is 4. The summed E-state index contributed by atoms with van der Waals surface area (Å²) in [6.07, 6.45) is 5.81. The fourth-order valence-electron chi connectivity index (χ4n) is 2.40. The number of nitrogens with zero attached hydrogens (tertiary/aromatic N) is 3. The molecule has 1 amide bonds. The SMILES string of the molecule is CCCc1nc(-n2cccc2)sc1C(=O)N1CCSCC1. The summed E-state index contributed by atoms with van der Waals surface area (Å²) in [4.78, 5) is 20.2. The Balaban J connectivity index is 1.90. The van der Waals surface area contributed by atoms with Crippen LogP contribution in [0.15, 0.2) is 24.5 Å². The van der Waals surface area contributed by atoms with E-state index in [9.17, 15) is 4.79 Å². The van der Waals surface area contributed by atoms with Crippen molar-refractivity contribution in [3.05, 3.63) is 35.1 Å². The van der Waals surface area contributed by atoms with Crippen LogP contribution in [0.25, 0.3) is 5.13 Å². The molecule has 0 spiro atoms. The Bertz CT molecular complexity index is 600. The molecule has 0 saturated carbocycles. The van der Waals surface area contributed by atoms with Crippen LogP contribution < -0.4 is 0 Å². The highest BCUT2D eigenvalue weighted by atomic mass is 32.2. The number of amides is 1. The second kappa shape index (κ2) is 6.66. The minimum atomic E-state index is 0.162. The van der Waals surface area contributed by atoms with Crippen LogP contribution in [0.5, 0.6) is 0 Å². The minimum Gasteiger partial charge on any atom is -0.336 e. The van der Waals surface area contributed by atoms with E-state index in [0.29, 0.717) is 0 Å². The largest absolute Gasteiger partial charge is 0.336 e. The van der Waals surface area contributed by atoms with Gasteiger partial charge in [-0.25, -0.2) is 4.98 Å². The van der Waals surface area contributed by atoms with Crippen LogP contribution >= 0.6 is 23.1 Å². The molecule has 0 N–H and O–H groups in total. The van der Waals surface area contributed by atoms with E-state index in [0.717, 1.165) is 53.1 Å². The Morgan fingerprint density at radius 3 is 2.67 bits per heavy atom. The van der Waals surface area contributed by atoms with Gasteiger partial charge in [-0.05, 0) is 18.6 Å². The van der Waals surface area contributed by atoms with Gasteiger partial charge in [-0.2, -0.15) is 11.8 Å². The topological polar surface area (TPSA) is 38.1 Å². The lowest BCUT2D eigenvalue weighted by Crippen LogP contribution is -2.37. The number of thiazole rings is 1. The van der Waals surface area contributed by atoms with Crippen LogP contribution in [0.4, 0.5) is 0 Å². The summed E-state index contributed by atoms with van der Waals surface area (Å²) in [5.74, 6) is 2.24. The molecule has 0 unspecified atom stereocenters. The molecule has 112 valence electrons. The van der Waals surface area contributed by atoms with Crippen molar-refractivity contribution >= 4 is 29.0 Å². The highest BCUT2D eigenvalue weighted by Crippen LogP contribution is 2.26. The smallest absolute Gasteiger partial charge is 0.265 e. The lowest BCUT2D eigenvalue weighted by atomic mass is 10.2. The summed E-state index contributed by atoms with van der Waals surface area (Å²) in [6, 6.07) is 3.95. The van der Waals surface area contributed by atoms with Crippen molar-refractivity contribution in [1.82, 2.24) is 14.5 Å². The predicted octanol–water partition coefficient (Wildman–Crippen LogP) is 3.08. The van der Waals surface area contributed by atoms with Crippen molar-refractivity contribution in [2.24, 2.45) is 0 Å². The number of aromatic nitrogens is 2. The van der Waals surface area contributed by atoms with Crippen molar-refractivity contribution in [2.45, 2.75) is 19.8 Å². The molecule has 0 aliphatic carbocycles. The molecule has 3 rings (SSSR count). The van der Waals surface area contributed by atoms with Gasteiger partial charge in [0.2, 0.25) is 0 Å². The van der Waals surface area contributed by atoms with Gasteiger partial charge < -0.3 is 9.47 Å². The van der Waals surface area contributed by atoms with E-state index in [1.165, 1.54) is 11.3 Å². The number of carbonyl (C=O) groups is 1. The summed E-state index contributed by atoms with van der Waals surface area (Å²) < 4.78 is 1.98. The van der Waals surface area contributed by atoms with Gasteiger partial charge in [-0.15, -0.1) is 0 Å². The first-order valence-corrected chi connectivity index (χ1v) is 9.26. The second-order valence-electron chi connectivity index (χ2n) is 5.02. The van der Waals surface area contributed by atoms with E-state index in [4.69, 9.17) is 0 Å². The summed E-state index contributed by atoms with van der Waals surface area (Å²) in [6.45, 7) is 3.83. The van der Waals surface area contributed by atoms with Crippen molar-refractivity contribution in [1.29, 1.82) is 0 Å². The van der Waals surface area contributed by atoms with E-state index >= 15 is 0 Å². The summed E-state index contributed by atoms with van der Waals surface area (Å²) in [7, 11) is 0. The van der Waals surface area contributed by atoms with Crippen LogP contribution in [0.3, 0.4) is 0 Å². The molecule has 2 aromatic heterocycles. The zero-order chi connectivity index (χ0) is 14.7. The maximum absolute atomic E-state index is 12.8.